The van der Waals surface area contributed by atoms with Crippen LogP contribution in [0.2, 0.25) is 0 Å². The SMILES string of the molecule is CCc1ncc(S(=O)(=O)NCCc2ncc[nH]2)[nH]1. The highest BCUT2D eigenvalue weighted by Crippen LogP contribution is 2.05. The molecule has 0 aliphatic rings. The zero-order valence-corrected chi connectivity index (χ0v) is 10.8. The highest BCUT2D eigenvalue weighted by atomic mass is 32.2. The Morgan fingerprint density at radius 1 is 1.33 bits per heavy atom. The topological polar surface area (TPSA) is 104 Å². The van der Waals surface area contributed by atoms with Crippen LogP contribution in [0.3, 0.4) is 0 Å². The summed E-state index contributed by atoms with van der Waals surface area (Å²) in [4.78, 5) is 13.7. The lowest BCUT2D eigenvalue weighted by molar-refractivity contribution is 0.577. The van der Waals surface area contributed by atoms with Crippen molar-refractivity contribution < 1.29 is 8.42 Å². The van der Waals surface area contributed by atoms with Gasteiger partial charge < -0.3 is 9.97 Å². The molecule has 18 heavy (non-hydrogen) atoms. The molecule has 2 rings (SSSR count). The molecule has 0 saturated heterocycles. The van der Waals surface area contributed by atoms with Crippen LogP contribution in [0, 0.1) is 0 Å². The van der Waals surface area contributed by atoms with E-state index >= 15 is 0 Å². The lowest BCUT2D eigenvalue weighted by Gasteiger charge is -2.03. The van der Waals surface area contributed by atoms with Gasteiger partial charge in [-0.1, -0.05) is 6.92 Å². The van der Waals surface area contributed by atoms with Crippen molar-refractivity contribution in [1.82, 2.24) is 24.7 Å². The normalized spacial score (nSPS) is 11.8. The van der Waals surface area contributed by atoms with Crippen LogP contribution in [0.1, 0.15) is 18.6 Å². The van der Waals surface area contributed by atoms with Gasteiger partial charge in [-0.15, -0.1) is 0 Å². The number of aryl methyl sites for hydroxylation is 1. The van der Waals surface area contributed by atoms with Crippen molar-refractivity contribution in [2.45, 2.75) is 24.8 Å². The fourth-order valence-electron chi connectivity index (χ4n) is 1.48. The van der Waals surface area contributed by atoms with E-state index in [9.17, 15) is 8.42 Å². The molecular formula is C10H15N5O2S. The number of hydrogen-bond acceptors (Lipinski definition) is 4. The third kappa shape index (κ3) is 2.96. The summed E-state index contributed by atoms with van der Waals surface area (Å²) in [5.41, 5.74) is 0. The van der Waals surface area contributed by atoms with Crippen molar-refractivity contribution in [1.29, 1.82) is 0 Å². The van der Waals surface area contributed by atoms with Gasteiger partial charge in [-0.25, -0.2) is 23.1 Å². The van der Waals surface area contributed by atoms with Crippen LogP contribution >= 0.6 is 0 Å². The number of aromatic nitrogens is 4. The summed E-state index contributed by atoms with van der Waals surface area (Å²) in [6, 6.07) is 0. The first-order valence-electron chi connectivity index (χ1n) is 5.63. The molecule has 0 spiro atoms. The van der Waals surface area contributed by atoms with E-state index in [0.717, 1.165) is 5.82 Å². The maximum absolute atomic E-state index is 11.9. The fourth-order valence-corrected chi connectivity index (χ4v) is 2.45. The van der Waals surface area contributed by atoms with Crippen molar-refractivity contribution in [2.24, 2.45) is 0 Å². The van der Waals surface area contributed by atoms with E-state index < -0.39 is 10.0 Å². The highest BCUT2D eigenvalue weighted by Gasteiger charge is 2.16. The fraction of sp³-hybridized carbons (Fsp3) is 0.400. The van der Waals surface area contributed by atoms with Crippen LogP contribution in [0.25, 0.3) is 0 Å². The van der Waals surface area contributed by atoms with Crippen molar-refractivity contribution in [2.75, 3.05) is 6.54 Å². The van der Waals surface area contributed by atoms with Crippen molar-refractivity contribution >= 4 is 10.0 Å². The van der Waals surface area contributed by atoms with Crippen LogP contribution in [0.15, 0.2) is 23.6 Å². The summed E-state index contributed by atoms with van der Waals surface area (Å²) >= 11 is 0. The number of nitrogens with zero attached hydrogens (tertiary/aromatic N) is 2. The maximum atomic E-state index is 11.9. The van der Waals surface area contributed by atoms with Crippen molar-refractivity contribution in [3.05, 3.63) is 30.2 Å². The van der Waals surface area contributed by atoms with Gasteiger partial charge in [0.25, 0.3) is 10.0 Å². The zero-order chi connectivity index (χ0) is 13.0. The number of hydrogen-bond donors (Lipinski definition) is 3. The Balaban J connectivity index is 1.95. The molecular weight excluding hydrogens is 254 g/mol. The summed E-state index contributed by atoms with van der Waals surface area (Å²) in [6.45, 7) is 2.19. The number of H-pyrrole nitrogens is 2. The van der Waals surface area contributed by atoms with Gasteiger partial charge in [-0.2, -0.15) is 0 Å². The first kappa shape index (κ1) is 12.8. The van der Waals surface area contributed by atoms with E-state index in [1.54, 1.807) is 12.4 Å². The average Bonchev–Trinajstić information content (AvgIpc) is 2.99. The molecule has 0 amide bonds. The maximum Gasteiger partial charge on any atom is 0.257 e. The first-order valence-corrected chi connectivity index (χ1v) is 7.12. The minimum atomic E-state index is -3.51. The standard InChI is InChI=1S/C10H15N5O2S/c1-2-8-13-7-10(15-8)18(16,17)14-4-3-9-11-5-6-12-9/h5-7,14H,2-4H2,1H3,(H,11,12)(H,13,15). The Morgan fingerprint density at radius 2 is 2.17 bits per heavy atom. The Bertz CT molecular complexity index is 588. The van der Waals surface area contributed by atoms with E-state index in [1.165, 1.54) is 6.20 Å². The van der Waals surface area contributed by atoms with Crippen molar-refractivity contribution in [3.8, 4) is 0 Å². The second kappa shape index (κ2) is 5.32. The van der Waals surface area contributed by atoms with Gasteiger partial charge in [0, 0.05) is 31.8 Å². The number of aromatic amines is 2. The Hall–Kier alpha value is -1.67. The first-order chi connectivity index (χ1) is 8.62. The minimum Gasteiger partial charge on any atom is -0.349 e. The number of sulfonamides is 1. The predicted octanol–water partition coefficient (Wildman–Crippen LogP) is 0.216. The van der Waals surface area contributed by atoms with Crippen LogP contribution in [0.4, 0.5) is 0 Å². The molecule has 0 aromatic carbocycles. The summed E-state index contributed by atoms with van der Waals surface area (Å²) in [6.07, 6.45) is 5.84. The molecule has 0 unspecified atom stereocenters. The second-order valence-corrected chi connectivity index (χ2v) is 5.47. The summed E-state index contributed by atoms with van der Waals surface area (Å²) in [5.74, 6) is 1.40. The van der Waals surface area contributed by atoms with Crippen LogP contribution in [-0.2, 0) is 22.9 Å². The largest absolute Gasteiger partial charge is 0.349 e. The number of nitrogens with one attached hydrogen (secondary N) is 3. The molecule has 0 aliphatic carbocycles. The molecule has 98 valence electrons. The molecule has 2 heterocycles. The smallest absolute Gasteiger partial charge is 0.257 e. The summed E-state index contributed by atoms with van der Waals surface area (Å²) < 4.78 is 26.2. The molecule has 0 radical (unpaired) electrons. The predicted molar refractivity (Wildman–Crippen MR) is 65.4 cm³/mol. The van der Waals surface area contributed by atoms with Gasteiger partial charge in [0.1, 0.15) is 11.6 Å². The number of rotatable bonds is 6. The molecule has 8 heteroatoms. The third-order valence-electron chi connectivity index (χ3n) is 2.44. The molecule has 0 bridgehead atoms. The van der Waals surface area contributed by atoms with E-state index in [-0.39, 0.29) is 11.6 Å². The zero-order valence-electron chi connectivity index (χ0n) is 9.97. The van der Waals surface area contributed by atoms with Crippen molar-refractivity contribution in [3.63, 3.8) is 0 Å². The second-order valence-electron chi connectivity index (χ2n) is 3.73. The van der Waals surface area contributed by atoms with Gasteiger partial charge in [0.2, 0.25) is 0 Å². The Kier molecular flexibility index (Phi) is 3.78. The monoisotopic (exact) mass is 269 g/mol. The molecule has 0 saturated carbocycles. The minimum absolute atomic E-state index is 0.0961. The summed E-state index contributed by atoms with van der Waals surface area (Å²) in [5, 5.41) is 0.0961. The van der Waals surface area contributed by atoms with Crippen LogP contribution < -0.4 is 4.72 Å². The molecule has 0 fully saturated rings. The lowest BCUT2D eigenvalue weighted by atomic mass is 10.4. The number of imidazole rings is 2. The summed E-state index contributed by atoms with van der Waals surface area (Å²) in [7, 11) is -3.51. The van der Waals surface area contributed by atoms with Gasteiger partial charge in [-0.05, 0) is 0 Å². The van der Waals surface area contributed by atoms with Gasteiger partial charge in [0.05, 0.1) is 6.20 Å². The van der Waals surface area contributed by atoms with Gasteiger partial charge in [-0.3, -0.25) is 0 Å². The highest BCUT2D eigenvalue weighted by molar-refractivity contribution is 7.89. The molecule has 2 aromatic rings. The molecule has 7 nitrogen and oxygen atoms in total. The van der Waals surface area contributed by atoms with E-state index in [1.807, 2.05) is 6.92 Å². The lowest BCUT2D eigenvalue weighted by Crippen LogP contribution is -2.26. The average molecular weight is 269 g/mol. The van der Waals surface area contributed by atoms with Gasteiger partial charge in [0.15, 0.2) is 5.03 Å². The van der Waals surface area contributed by atoms with Crippen LogP contribution in [0.5, 0.6) is 0 Å². The van der Waals surface area contributed by atoms with Crippen LogP contribution in [-0.4, -0.2) is 34.9 Å². The molecule has 3 N–H and O–H groups in total. The van der Waals surface area contributed by atoms with Gasteiger partial charge >= 0.3 is 0 Å². The van der Waals surface area contributed by atoms with E-state index in [2.05, 4.69) is 24.7 Å². The molecule has 0 atom stereocenters. The molecule has 0 aliphatic heterocycles. The Labute approximate surface area is 105 Å². The third-order valence-corrected chi connectivity index (χ3v) is 3.81. The van der Waals surface area contributed by atoms with E-state index in [0.29, 0.717) is 18.7 Å². The Morgan fingerprint density at radius 3 is 2.78 bits per heavy atom. The van der Waals surface area contributed by atoms with E-state index in [4.69, 9.17) is 0 Å². The quantitative estimate of drug-likeness (QED) is 0.697. The molecule has 2 aromatic heterocycles.